The number of oxime groups is 1. The summed E-state index contributed by atoms with van der Waals surface area (Å²) in [6.45, 7) is 8.07. The fourth-order valence-corrected chi connectivity index (χ4v) is 0.608. The molecule has 0 aliphatic heterocycles. The number of nitrogens with zero attached hydrogens (tertiary/aromatic N) is 1. The van der Waals surface area contributed by atoms with Gasteiger partial charge >= 0.3 is 6.09 Å². The minimum Gasteiger partial charge on any atom is -0.444 e. The number of alkyl carbamates (subject to hydrolysis) is 1. The second kappa shape index (κ2) is 6.23. The summed E-state index contributed by atoms with van der Waals surface area (Å²) in [6, 6.07) is 0. The topological polar surface area (TPSA) is 59.9 Å². The minimum atomic E-state index is -0.471. The molecular formula is C9H18N2O3. The third-order valence-electron chi connectivity index (χ3n) is 1.01. The van der Waals surface area contributed by atoms with Crippen LogP contribution in [0.4, 0.5) is 4.79 Å². The highest BCUT2D eigenvalue weighted by molar-refractivity contribution is 5.72. The number of carbonyl (C=O) groups excluding carboxylic acids is 1. The average Bonchev–Trinajstić information content (AvgIpc) is 2.00. The number of ether oxygens (including phenoxy) is 1. The summed E-state index contributed by atoms with van der Waals surface area (Å²) < 4.78 is 4.99. The molecule has 0 aromatic carbocycles. The van der Waals surface area contributed by atoms with Gasteiger partial charge in [0.2, 0.25) is 0 Å². The first-order chi connectivity index (χ1) is 6.45. The maximum absolute atomic E-state index is 11.1. The van der Waals surface area contributed by atoms with Gasteiger partial charge in [-0.15, -0.1) is 0 Å². The van der Waals surface area contributed by atoms with Gasteiger partial charge in [-0.1, -0.05) is 5.16 Å². The number of amides is 1. The molecule has 0 atom stereocenters. The third-order valence-corrected chi connectivity index (χ3v) is 1.01. The standard InChI is InChI=1S/C9H18N2O3/c1-5-13-11-7-6-10-8(12)14-9(2,3)4/h7H,5-6H2,1-4H3,(H,10,12)/b11-7+. The van der Waals surface area contributed by atoms with E-state index in [1.165, 1.54) is 6.21 Å². The van der Waals surface area contributed by atoms with E-state index in [0.29, 0.717) is 13.2 Å². The predicted molar refractivity (Wildman–Crippen MR) is 54.4 cm³/mol. The van der Waals surface area contributed by atoms with Crippen molar-refractivity contribution in [1.29, 1.82) is 0 Å². The van der Waals surface area contributed by atoms with Gasteiger partial charge in [-0.05, 0) is 27.7 Å². The summed E-state index contributed by atoms with van der Waals surface area (Å²) in [6.07, 6.45) is 1.01. The van der Waals surface area contributed by atoms with Gasteiger partial charge in [-0.25, -0.2) is 4.79 Å². The second-order valence-electron chi connectivity index (χ2n) is 3.59. The molecule has 1 N–H and O–H groups in total. The van der Waals surface area contributed by atoms with E-state index in [-0.39, 0.29) is 0 Å². The van der Waals surface area contributed by atoms with Gasteiger partial charge in [0.15, 0.2) is 0 Å². The maximum Gasteiger partial charge on any atom is 0.407 e. The Labute approximate surface area is 84.4 Å². The first-order valence-corrected chi connectivity index (χ1v) is 4.56. The summed E-state index contributed by atoms with van der Waals surface area (Å²) in [5.41, 5.74) is -0.471. The number of hydrogen-bond acceptors (Lipinski definition) is 4. The van der Waals surface area contributed by atoms with Crippen molar-refractivity contribution in [2.24, 2.45) is 5.16 Å². The van der Waals surface area contributed by atoms with Crippen LogP contribution in [-0.4, -0.2) is 31.1 Å². The van der Waals surface area contributed by atoms with E-state index < -0.39 is 11.7 Å². The average molecular weight is 202 g/mol. The first-order valence-electron chi connectivity index (χ1n) is 4.56. The SMILES string of the molecule is CCO/N=C/CNC(=O)OC(C)(C)C. The van der Waals surface area contributed by atoms with Gasteiger partial charge in [0.1, 0.15) is 12.2 Å². The Balaban J connectivity index is 3.55. The summed E-state index contributed by atoms with van der Waals surface area (Å²) in [4.78, 5) is 15.7. The molecule has 0 saturated heterocycles. The fourth-order valence-electron chi connectivity index (χ4n) is 0.608. The zero-order valence-electron chi connectivity index (χ0n) is 9.16. The van der Waals surface area contributed by atoms with Crippen LogP contribution in [0.5, 0.6) is 0 Å². The van der Waals surface area contributed by atoms with Gasteiger partial charge in [-0.3, -0.25) is 0 Å². The summed E-state index contributed by atoms with van der Waals surface area (Å²) >= 11 is 0. The minimum absolute atomic E-state index is 0.301. The number of rotatable bonds is 4. The molecule has 0 aliphatic carbocycles. The first kappa shape index (κ1) is 12.7. The Morgan fingerprint density at radius 3 is 2.64 bits per heavy atom. The van der Waals surface area contributed by atoms with Crippen LogP contribution in [0.2, 0.25) is 0 Å². The van der Waals surface area contributed by atoms with Crippen molar-refractivity contribution in [3.63, 3.8) is 0 Å². The summed E-state index contributed by atoms with van der Waals surface area (Å²) in [5.74, 6) is 0. The molecular weight excluding hydrogens is 184 g/mol. The molecule has 0 bridgehead atoms. The van der Waals surface area contributed by atoms with Crippen LogP contribution in [0, 0.1) is 0 Å². The van der Waals surface area contributed by atoms with Crippen LogP contribution >= 0.6 is 0 Å². The highest BCUT2D eigenvalue weighted by Crippen LogP contribution is 2.05. The van der Waals surface area contributed by atoms with Crippen LogP contribution in [0.25, 0.3) is 0 Å². The quantitative estimate of drug-likeness (QED) is 0.555. The Hall–Kier alpha value is -1.26. The molecule has 0 radical (unpaired) electrons. The molecule has 0 rings (SSSR count). The lowest BCUT2D eigenvalue weighted by Crippen LogP contribution is -2.33. The lowest BCUT2D eigenvalue weighted by molar-refractivity contribution is 0.0536. The van der Waals surface area contributed by atoms with Crippen molar-refractivity contribution in [3.05, 3.63) is 0 Å². The number of nitrogens with one attached hydrogen (secondary N) is 1. The third kappa shape index (κ3) is 8.83. The van der Waals surface area contributed by atoms with E-state index in [9.17, 15) is 4.79 Å². The predicted octanol–water partition coefficient (Wildman–Crippen LogP) is 1.53. The van der Waals surface area contributed by atoms with Gasteiger partial charge in [0, 0.05) is 0 Å². The molecule has 1 amide bonds. The van der Waals surface area contributed by atoms with Gasteiger partial charge < -0.3 is 14.9 Å². The van der Waals surface area contributed by atoms with Crippen LogP contribution in [-0.2, 0) is 9.57 Å². The summed E-state index contributed by atoms with van der Waals surface area (Å²) in [5, 5.41) is 6.07. The highest BCUT2D eigenvalue weighted by Gasteiger charge is 2.14. The molecule has 0 aliphatic rings. The summed E-state index contributed by atoms with van der Waals surface area (Å²) in [7, 11) is 0. The van der Waals surface area contributed by atoms with Gasteiger partial charge in [0.25, 0.3) is 0 Å². The Morgan fingerprint density at radius 1 is 1.50 bits per heavy atom. The Kier molecular flexibility index (Phi) is 5.67. The molecule has 82 valence electrons. The monoisotopic (exact) mass is 202 g/mol. The van der Waals surface area contributed by atoms with Crippen LogP contribution in [0.1, 0.15) is 27.7 Å². The molecule has 5 heteroatoms. The van der Waals surface area contributed by atoms with Crippen molar-refractivity contribution in [2.75, 3.05) is 13.2 Å². The van der Waals surface area contributed by atoms with Crippen LogP contribution in [0.3, 0.4) is 0 Å². The molecule has 0 unspecified atom stereocenters. The molecule has 0 spiro atoms. The van der Waals surface area contributed by atoms with Crippen LogP contribution < -0.4 is 5.32 Å². The normalized spacial score (nSPS) is 11.4. The number of hydrogen-bond donors (Lipinski definition) is 1. The zero-order valence-corrected chi connectivity index (χ0v) is 9.16. The van der Waals surface area contributed by atoms with E-state index in [1.54, 1.807) is 20.8 Å². The largest absolute Gasteiger partial charge is 0.444 e. The lowest BCUT2D eigenvalue weighted by Gasteiger charge is -2.19. The van der Waals surface area contributed by atoms with E-state index in [2.05, 4.69) is 10.5 Å². The Morgan fingerprint density at radius 2 is 2.14 bits per heavy atom. The van der Waals surface area contributed by atoms with E-state index in [0.717, 1.165) is 0 Å². The van der Waals surface area contributed by atoms with Gasteiger partial charge in [0.05, 0.1) is 12.8 Å². The van der Waals surface area contributed by atoms with E-state index >= 15 is 0 Å². The smallest absolute Gasteiger partial charge is 0.407 e. The lowest BCUT2D eigenvalue weighted by atomic mass is 10.2. The maximum atomic E-state index is 11.1. The molecule has 0 fully saturated rings. The molecule has 0 aromatic rings. The van der Waals surface area contributed by atoms with Crippen molar-refractivity contribution in [1.82, 2.24) is 5.32 Å². The molecule has 14 heavy (non-hydrogen) atoms. The van der Waals surface area contributed by atoms with Crippen molar-refractivity contribution in [2.45, 2.75) is 33.3 Å². The molecule has 5 nitrogen and oxygen atoms in total. The van der Waals surface area contributed by atoms with Crippen molar-refractivity contribution >= 4 is 12.3 Å². The zero-order chi connectivity index (χ0) is 11.0. The van der Waals surface area contributed by atoms with Crippen molar-refractivity contribution in [3.8, 4) is 0 Å². The molecule has 0 aromatic heterocycles. The number of carbonyl (C=O) groups is 1. The van der Waals surface area contributed by atoms with E-state index in [1.807, 2.05) is 6.92 Å². The Bertz CT molecular complexity index is 197. The molecule has 0 saturated carbocycles. The fraction of sp³-hybridized carbons (Fsp3) is 0.778. The van der Waals surface area contributed by atoms with E-state index in [4.69, 9.17) is 9.57 Å². The van der Waals surface area contributed by atoms with Gasteiger partial charge in [-0.2, -0.15) is 0 Å². The second-order valence-corrected chi connectivity index (χ2v) is 3.59. The van der Waals surface area contributed by atoms with Crippen molar-refractivity contribution < 1.29 is 14.4 Å². The highest BCUT2D eigenvalue weighted by atomic mass is 16.6. The van der Waals surface area contributed by atoms with Crippen LogP contribution in [0.15, 0.2) is 5.16 Å². The molecule has 0 heterocycles.